The quantitative estimate of drug-likeness (QED) is 0.420. The zero-order valence-corrected chi connectivity index (χ0v) is 18.3. The normalized spacial score (nSPS) is 13.2. The molecule has 34 heavy (non-hydrogen) atoms. The summed E-state index contributed by atoms with van der Waals surface area (Å²) < 4.78 is 46.6. The average molecular weight is 466 g/mol. The number of imidazole rings is 1. The van der Waals surface area contributed by atoms with Crippen molar-refractivity contribution in [2.75, 3.05) is 16.8 Å². The Bertz CT molecular complexity index is 1380. The number of anilines is 2. The van der Waals surface area contributed by atoms with E-state index >= 15 is 0 Å². The molecule has 0 unspecified atom stereocenters. The first-order chi connectivity index (χ1) is 16.2. The number of amides is 1. The Kier molecular flexibility index (Phi) is 5.39. The van der Waals surface area contributed by atoms with E-state index in [1.165, 1.54) is 0 Å². The van der Waals surface area contributed by atoms with Gasteiger partial charge in [-0.2, -0.15) is 8.78 Å². The van der Waals surface area contributed by atoms with Gasteiger partial charge in [0.05, 0.1) is 18.4 Å². The lowest BCUT2D eigenvalue weighted by Crippen LogP contribution is -2.21. The zero-order chi connectivity index (χ0) is 23.9. The summed E-state index contributed by atoms with van der Waals surface area (Å²) in [4.78, 5) is 19.5. The third kappa shape index (κ3) is 4.54. The molecule has 1 amide bonds. The van der Waals surface area contributed by atoms with E-state index < -0.39 is 17.8 Å². The number of fused-ring (bicyclic) bond motifs is 2. The van der Waals surface area contributed by atoms with Crippen LogP contribution in [0.2, 0.25) is 0 Å². The lowest BCUT2D eigenvalue weighted by atomic mass is 10.1. The van der Waals surface area contributed by atoms with Crippen molar-refractivity contribution < 1.29 is 22.7 Å². The maximum Gasteiger partial charge on any atom is 0.394 e. The molecule has 2 aromatic carbocycles. The van der Waals surface area contributed by atoms with Crippen LogP contribution in [0.4, 0.5) is 24.5 Å². The number of pyridine rings is 1. The van der Waals surface area contributed by atoms with E-state index in [9.17, 15) is 18.0 Å². The molecule has 0 bridgehead atoms. The summed E-state index contributed by atoms with van der Waals surface area (Å²) in [5.74, 6) is -1.66. The highest BCUT2D eigenvalue weighted by molar-refractivity contribution is 6.05. The Labute approximate surface area is 193 Å². The van der Waals surface area contributed by atoms with Crippen LogP contribution in [0.3, 0.4) is 0 Å². The zero-order valence-electron chi connectivity index (χ0n) is 18.3. The first-order valence-electron chi connectivity index (χ1n) is 10.7. The second kappa shape index (κ2) is 8.40. The van der Waals surface area contributed by atoms with Crippen molar-refractivity contribution in [1.29, 1.82) is 0 Å². The molecule has 1 aliphatic rings. The monoisotopic (exact) mass is 466 g/mol. The number of aromatic nitrogens is 2. The Balaban J connectivity index is 1.36. The number of nitrogens with zero attached hydrogens (tertiary/aromatic N) is 3. The van der Waals surface area contributed by atoms with Gasteiger partial charge in [0.15, 0.2) is 0 Å². The second-order valence-electron chi connectivity index (χ2n) is 8.23. The van der Waals surface area contributed by atoms with Crippen molar-refractivity contribution in [3.8, 4) is 5.75 Å². The predicted molar refractivity (Wildman–Crippen MR) is 122 cm³/mol. The average Bonchev–Trinajstić information content (AvgIpc) is 3.36. The third-order valence-electron chi connectivity index (χ3n) is 5.61. The molecule has 9 heteroatoms. The maximum atomic E-state index is 13.9. The first-order valence-corrected chi connectivity index (χ1v) is 10.7. The van der Waals surface area contributed by atoms with E-state index in [4.69, 9.17) is 0 Å². The number of rotatable bonds is 6. The highest BCUT2D eigenvalue weighted by atomic mass is 19.3. The van der Waals surface area contributed by atoms with Crippen LogP contribution in [0.25, 0.3) is 5.65 Å². The van der Waals surface area contributed by atoms with Gasteiger partial charge in [0.1, 0.15) is 17.2 Å². The Hall–Kier alpha value is -4.01. The minimum atomic E-state index is -3.47. The molecule has 174 valence electrons. The van der Waals surface area contributed by atoms with Gasteiger partial charge in [0, 0.05) is 48.7 Å². The molecule has 0 fully saturated rings. The van der Waals surface area contributed by atoms with Gasteiger partial charge in [-0.1, -0.05) is 12.1 Å². The molecular weight excluding hydrogens is 445 g/mol. The fourth-order valence-electron chi connectivity index (χ4n) is 4.15. The van der Waals surface area contributed by atoms with Crippen molar-refractivity contribution in [3.63, 3.8) is 0 Å². The number of ether oxygens (including phenoxy) is 1. The molecule has 0 atom stereocenters. The fourth-order valence-corrected chi connectivity index (χ4v) is 4.15. The Morgan fingerprint density at radius 1 is 1.18 bits per heavy atom. The molecule has 4 aromatic rings. The van der Waals surface area contributed by atoms with Crippen LogP contribution in [0.5, 0.6) is 5.75 Å². The van der Waals surface area contributed by atoms with Crippen LogP contribution < -0.4 is 15.0 Å². The van der Waals surface area contributed by atoms with Crippen LogP contribution >= 0.6 is 0 Å². The summed E-state index contributed by atoms with van der Waals surface area (Å²) in [6.45, 7) is 1.98. The Morgan fingerprint density at radius 2 is 2.03 bits per heavy atom. The van der Waals surface area contributed by atoms with Gasteiger partial charge in [0.25, 0.3) is 5.91 Å². The number of nitrogens with one attached hydrogen (secondary N) is 1. The molecule has 2 aromatic heterocycles. The molecule has 6 nitrogen and oxygen atoms in total. The van der Waals surface area contributed by atoms with Gasteiger partial charge in [0.2, 0.25) is 0 Å². The van der Waals surface area contributed by atoms with Crippen LogP contribution in [0.15, 0.2) is 67.0 Å². The van der Waals surface area contributed by atoms with Crippen molar-refractivity contribution in [2.24, 2.45) is 0 Å². The summed E-state index contributed by atoms with van der Waals surface area (Å²) in [5, 5.41) is 2.56. The molecule has 0 aliphatic carbocycles. The van der Waals surface area contributed by atoms with Gasteiger partial charge >= 0.3 is 6.11 Å². The second-order valence-corrected chi connectivity index (χ2v) is 8.23. The largest absolute Gasteiger partial charge is 0.433 e. The molecule has 0 radical (unpaired) electrons. The topological polar surface area (TPSA) is 58.9 Å². The molecule has 1 N–H and O–H groups in total. The van der Waals surface area contributed by atoms with Gasteiger partial charge in [-0.15, -0.1) is 0 Å². The molecule has 0 spiro atoms. The van der Waals surface area contributed by atoms with E-state index in [0.717, 1.165) is 53.8 Å². The molecule has 0 saturated carbocycles. The van der Waals surface area contributed by atoms with E-state index in [2.05, 4.69) is 19.9 Å². The van der Waals surface area contributed by atoms with Crippen LogP contribution in [-0.2, 0) is 13.0 Å². The van der Waals surface area contributed by atoms with Crippen molar-refractivity contribution in [3.05, 3.63) is 89.6 Å². The van der Waals surface area contributed by atoms with E-state index in [1.54, 1.807) is 12.1 Å². The number of hydrogen-bond acceptors (Lipinski definition) is 4. The number of carbonyl (C=O) groups excluding carboxylic acids is 1. The van der Waals surface area contributed by atoms with Gasteiger partial charge < -0.3 is 19.4 Å². The van der Waals surface area contributed by atoms with Gasteiger partial charge in [-0.3, -0.25) is 4.79 Å². The molecule has 5 rings (SSSR count). The maximum absolute atomic E-state index is 13.9. The molecule has 0 saturated heterocycles. The minimum absolute atomic E-state index is 0.0207. The number of halogens is 3. The summed E-state index contributed by atoms with van der Waals surface area (Å²) in [6.07, 6.45) is 1.18. The first kappa shape index (κ1) is 21.8. The van der Waals surface area contributed by atoms with Crippen molar-refractivity contribution in [2.45, 2.75) is 26.0 Å². The highest BCUT2D eigenvalue weighted by Gasteiger charge is 2.25. The molecule has 3 heterocycles. The van der Waals surface area contributed by atoms with Gasteiger partial charge in [-0.05, 0) is 42.3 Å². The van der Waals surface area contributed by atoms with Gasteiger partial charge in [-0.25, -0.2) is 9.37 Å². The summed E-state index contributed by atoms with van der Waals surface area (Å²) in [6, 6.07) is 14.2. The van der Waals surface area contributed by atoms with E-state index in [0.29, 0.717) is 19.0 Å². The minimum Gasteiger partial charge on any atom is -0.433 e. The number of benzene rings is 2. The molecule has 1 aliphatic heterocycles. The standard InChI is InChI=1S/C25H21F3N4O2/c1-25(27,28)34-21-12-18(26)11-19(13-21)30-24(33)17-6-5-16-7-9-31(22(16)10-17)15-20-14-29-23-4-2-3-8-32(20)23/h2-6,8,10-14H,7,9,15H2,1H3,(H,30,33). The van der Waals surface area contributed by atoms with E-state index in [1.807, 2.05) is 41.1 Å². The Morgan fingerprint density at radius 3 is 2.85 bits per heavy atom. The number of carbonyl (C=O) groups is 1. The summed E-state index contributed by atoms with van der Waals surface area (Å²) in [7, 11) is 0. The van der Waals surface area contributed by atoms with E-state index in [-0.39, 0.29) is 11.4 Å². The SMILES string of the molecule is CC(F)(F)Oc1cc(F)cc(NC(=O)c2ccc3c(c2)N(Cc2cnc4ccccn24)CC3)c1. The molecular formula is C25H21F3N4O2. The summed E-state index contributed by atoms with van der Waals surface area (Å²) >= 11 is 0. The van der Waals surface area contributed by atoms with Crippen molar-refractivity contribution >= 4 is 22.9 Å². The lowest BCUT2D eigenvalue weighted by Gasteiger charge is -2.20. The fraction of sp³-hybridized carbons (Fsp3) is 0.200. The highest BCUT2D eigenvalue weighted by Crippen LogP contribution is 2.31. The van der Waals surface area contributed by atoms with Crippen LogP contribution in [0, 0.1) is 5.82 Å². The van der Waals surface area contributed by atoms with Crippen molar-refractivity contribution in [1.82, 2.24) is 9.38 Å². The lowest BCUT2D eigenvalue weighted by molar-refractivity contribution is -0.159. The van der Waals surface area contributed by atoms with Crippen LogP contribution in [0.1, 0.15) is 28.5 Å². The predicted octanol–water partition coefficient (Wildman–Crippen LogP) is 5.28. The number of alkyl halides is 2. The number of hydrogen-bond donors (Lipinski definition) is 1. The van der Waals surface area contributed by atoms with Crippen LogP contribution in [-0.4, -0.2) is 27.9 Å². The third-order valence-corrected chi connectivity index (χ3v) is 5.61. The smallest absolute Gasteiger partial charge is 0.394 e. The summed E-state index contributed by atoms with van der Waals surface area (Å²) in [5.41, 5.74) is 4.34.